The molecule has 2 rings (SSSR count). The lowest BCUT2D eigenvalue weighted by Crippen LogP contribution is -1.99. The Morgan fingerprint density at radius 2 is 1.18 bits per heavy atom. The summed E-state index contributed by atoms with van der Waals surface area (Å²) in [5, 5.41) is 10.8. The second kappa shape index (κ2) is 12.9. The van der Waals surface area contributed by atoms with Crippen molar-refractivity contribution in [2.24, 2.45) is 0 Å². The van der Waals surface area contributed by atoms with Gasteiger partial charge in [-0.3, -0.25) is 0 Å². The highest BCUT2D eigenvalue weighted by molar-refractivity contribution is 5.32. The molecule has 0 aromatic heterocycles. The molecule has 0 bridgehead atoms. The molecule has 0 aliphatic heterocycles. The van der Waals surface area contributed by atoms with E-state index in [0.717, 1.165) is 18.6 Å². The molecule has 2 aromatic carbocycles. The average molecular weight is 294 g/mol. The Hall–Kier alpha value is -3.06. The summed E-state index contributed by atoms with van der Waals surface area (Å²) >= 11 is 0. The highest BCUT2D eigenvalue weighted by atomic mass is 16.1. The molecule has 0 amide bonds. The maximum absolute atomic E-state index is 8.35. The molecule has 0 aliphatic carbocycles. The number of rotatable bonds is 4. The molecule has 0 radical (unpaired) electrons. The van der Waals surface area contributed by atoms with Crippen molar-refractivity contribution in [1.82, 2.24) is 0 Å². The first-order chi connectivity index (χ1) is 10.7. The molecule has 0 atom stereocenters. The van der Waals surface area contributed by atoms with Crippen LogP contribution >= 0.6 is 0 Å². The third kappa shape index (κ3) is 7.51. The van der Waals surface area contributed by atoms with Gasteiger partial charge in [0.2, 0.25) is 12.2 Å². The molecule has 0 saturated heterocycles. The van der Waals surface area contributed by atoms with Crippen molar-refractivity contribution in [3.05, 3.63) is 84.4 Å². The average Bonchev–Trinajstić information content (AvgIpc) is 2.56. The Morgan fingerprint density at radius 1 is 0.864 bits per heavy atom. The molecule has 2 N–H and O–H groups in total. The fourth-order valence-corrected chi connectivity index (χ4v) is 2.00. The summed E-state index contributed by atoms with van der Waals surface area (Å²) in [6.07, 6.45) is 4.47. The van der Waals surface area contributed by atoms with Crippen LogP contribution in [-0.2, 0) is 9.59 Å². The second-order valence-electron chi connectivity index (χ2n) is 4.10. The maximum Gasteiger partial charge on any atom is 0.231 e. The summed E-state index contributed by atoms with van der Waals surface area (Å²) in [4.78, 5) is 16.7. The first kappa shape index (κ1) is 18.9. The fraction of sp³-hybridized carbons (Fsp3) is 0.111. The van der Waals surface area contributed by atoms with Gasteiger partial charge in [0.05, 0.1) is 0 Å². The molecule has 0 heterocycles. The normalized spacial score (nSPS) is 8.23. The van der Waals surface area contributed by atoms with Crippen molar-refractivity contribution in [3.8, 4) is 0 Å². The van der Waals surface area contributed by atoms with Crippen LogP contribution in [0, 0.1) is 10.8 Å². The molecule has 112 valence electrons. The van der Waals surface area contributed by atoms with Crippen molar-refractivity contribution in [2.45, 2.75) is 12.3 Å². The van der Waals surface area contributed by atoms with Gasteiger partial charge in [-0.25, -0.2) is 20.4 Å². The van der Waals surface area contributed by atoms with E-state index in [4.69, 9.17) is 20.4 Å². The van der Waals surface area contributed by atoms with Gasteiger partial charge < -0.3 is 0 Å². The van der Waals surface area contributed by atoms with Crippen molar-refractivity contribution in [2.75, 3.05) is 0 Å². The number of allylic oxidation sites excluding steroid dienone is 1. The molecule has 0 fully saturated rings. The lowest BCUT2D eigenvalue weighted by Gasteiger charge is -2.15. The fourth-order valence-electron chi connectivity index (χ4n) is 2.00. The molecule has 22 heavy (non-hydrogen) atoms. The van der Waals surface area contributed by atoms with Crippen LogP contribution < -0.4 is 0 Å². The topological polar surface area (TPSA) is 81.8 Å². The Morgan fingerprint density at radius 3 is 1.45 bits per heavy atom. The van der Waals surface area contributed by atoms with Crippen molar-refractivity contribution >= 4 is 12.2 Å². The van der Waals surface area contributed by atoms with Gasteiger partial charge in [0.1, 0.15) is 0 Å². The summed E-state index contributed by atoms with van der Waals surface area (Å²) in [5.41, 5.74) is 2.71. The van der Waals surface area contributed by atoms with E-state index >= 15 is 0 Å². The van der Waals surface area contributed by atoms with E-state index in [2.05, 4.69) is 67.2 Å². The molecule has 4 heteroatoms. The molecule has 4 nitrogen and oxygen atoms in total. The molecular formula is C18H18N2O2. The number of carbonyl (C=O) groups excluding carboxylic acids is 2. The van der Waals surface area contributed by atoms with Gasteiger partial charge in [-0.15, -0.1) is 6.58 Å². The van der Waals surface area contributed by atoms with E-state index in [1.165, 1.54) is 11.1 Å². The summed E-state index contributed by atoms with van der Waals surface area (Å²) in [6, 6.07) is 21.2. The van der Waals surface area contributed by atoms with E-state index in [1.807, 2.05) is 6.08 Å². The number of hydrogen-bond acceptors (Lipinski definition) is 4. The van der Waals surface area contributed by atoms with Gasteiger partial charge in [0, 0.05) is 5.92 Å². The molecule has 0 saturated carbocycles. The smallest absolute Gasteiger partial charge is 0.222 e. The SMILES string of the molecule is C=CCC(c1ccccc1)c1ccccc1.N=C=O.N=C=O. The largest absolute Gasteiger partial charge is 0.231 e. The minimum Gasteiger partial charge on any atom is -0.222 e. The van der Waals surface area contributed by atoms with Gasteiger partial charge in [-0.1, -0.05) is 66.7 Å². The molecule has 0 aliphatic rings. The zero-order chi connectivity index (χ0) is 16.6. The minimum absolute atomic E-state index is 0.430. The number of isocyanates is 2. The minimum atomic E-state index is 0.430. The lowest BCUT2D eigenvalue weighted by atomic mass is 9.89. The second-order valence-corrected chi connectivity index (χ2v) is 4.10. The van der Waals surface area contributed by atoms with Crippen LogP contribution in [-0.4, -0.2) is 12.2 Å². The molecular weight excluding hydrogens is 276 g/mol. The van der Waals surface area contributed by atoms with E-state index in [9.17, 15) is 0 Å². The third-order valence-corrected chi connectivity index (χ3v) is 2.81. The van der Waals surface area contributed by atoms with E-state index < -0.39 is 0 Å². The zero-order valence-electron chi connectivity index (χ0n) is 12.2. The van der Waals surface area contributed by atoms with Crippen molar-refractivity contribution in [3.63, 3.8) is 0 Å². The van der Waals surface area contributed by atoms with Gasteiger partial charge in [0.25, 0.3) is 0 Å². The molecule has 2 aromatic rings. The summed E-state index contributed by atoms with van der Waals surface area (Å²) in [5.74, 6) is 0.430. The molecule has 0 spiro atoms. The van der Waals surface area contributed by atoms with Crippen LogP contribution in [0.5, 0.6) is 0 Å². The summed E-state index contributed by atoms with van der Waals surface area (Å²) in [7, 11) is 0. The monoisotopic (exact) mass is 294 g/mol. The third-order valence-electron chi connectivity index (χ3n) is 2.81. The number of benzene rings is 2. The lowest BCUT2D eigenvalue weighted by molar-refractivity contribution is 0.562. The number of nitrogens with one attached hydrogen (secondary N) is 2. The quantitative estimate of drug-likeness (QED) is 0.503. The first-order valence-electron chi connectivity index (χ1n) is 6.53. The number of hydrogen-bond donors (Lipinski definition) is 2. The Balaban J connectivity index is 0.000000639. The van der Waals surface area contributed by atoms with Crippen LogP contribution in [0.3, 0.4) is 0 Å². The Labute approximate surface area is 130 Å². The standard InChI is InChI=1S/C16H16.2CHNO/c1-2-9-16(14-10-5-3-6-11-14)15-12-7-4-8-13-15;2*2-1-3/h2-8,10-13,16H,1,9H2;2*2H. The predicted molar refractivity (Wildman–Crippen MR) is 86.4 cm³/mol. The van der Waals surface area contributed by atoms with Gasteiger partial charge in [-0.2, -0.15) is 0 Å². The predicted octanol–water partition coefficient (Wildman–Crippen LogP) is 4.20. The Bertz CT molecular complexity index is 546. The maximum atomic E-state index is 8.35. The summed E-state index contributed by atoms with van der Waals surface area (Å²) in [6.45, 7) is 3.85. The van der Waals surface area contributed by atoms with Crippen LogP contribution in [0.1, 0.15) is 23.5 Å². The van der Waals surface area contributed by atoms with Crippen LogP contribution in [0.15, 0.2) is 73.3 Å². The zero-order valence-corrected chi connectivity index (χ0v) is 12.2. The highest BCUT2D eigenvalue weighted by Gasteiger charge is 2.11. The van der Waals surface area contributed by atoms with Gasteiger partial charge in [0.15, 0.2) is 0 Å². The summed E-state index contributed by atoms with van der Waals surface area (Å²) < 4.78 is 0. The Kier molecular flexibility index (Phi) is 11.1. The first-order valence-corrected chi connectivity index (χ1v) is 6.53. The van der Waals surface area contributed by atoms with Gasteiger partial charge in [-0.05, 0) is 17.5 Å². The molecule has 0 unspecified atom stereocenters. The highest BCUT2D eigenvalue weighted by Crippen LogP contribution is 2.27. The van der Waals surface area contributed by atoms with Crippen molar-refractivity contribution < 1.29 is 9.59 Å². The van der Waals surface area contributed by atoms with E-state index in [0.29, 0.717) is 5.92 Å². The van der Waals surface area contributed by atoms with Gasteiger partial charge >= 0.3 is 0 Å². The van der Waals surface area contributed by atoms with Crippen LogP contribution in [0.4, 0.5) is 0 Å². The van der Waals surface area contributed by atoms with Crippen molar-refractivity contribution in [1.29, 1.82) is 10.8 Å². The van der Waals surface area contributed by atoms with Crippen LogP contribution in [0.2, 0.25) is 0 Å². The van der Waals surface area contributed by atoms with Crippen LogP contribution in [0.25, 0.3) is 0 Å². The van der Waals surface area contributed by atoms with E-state index in [-0.39, 0.29) is 0 Å². The van der Waals surface area contributed by atoms with E-state index in [1.54, 1.807) is 0 Å².